The molecule has 0 radical (unpaired) electrons. The lowest BCUT2D eigenvalue weighted by atomic mass is 10.1. The van der Waals surface area contributed by atoms with Crippen LogP contribution in [0.15, 0.2) is 71.3 Å². The van der Waals surface area contributed by atoms with Gasteiger partial charge in [0.05, 0.1) is 6.26 Å². The minimum absolute atomic E-state index is 0.187. The third-order valence-electron chi connectivity index (χ3n) is 5.30. The number of hydrogen-bond acceptors (Lipinski definition) is 5. The fourth-order valence-corrected chi connectivity index (χ4v) is 3.83. The maximum atomic E-state index is 12.5. The van der Waals surface area contributed by atoms with Crippen molar-refractivity contribution >= 4 is 34.8 Å². The molecule has 8 heteroatoms. The third-order valence-corrected chi connectivity index (χ3v) is 5.30. The van der Waals surface area contributed by atoms with Crippen LogP contribution in [0.5, 0.6) is 0 Å². The second kappa shape index (κ2) is 9.38. The van der Waals surface area contributed by atoms with Crippen LogP contribution >= 0.6 is 0 Å². The first-order valence-corrected chi connectivity index (χ1v) is 10.4. The van der Waals surface area contributed by atoms with Gasteiger partial charge < -0.3 is 25.3 Å². The zero-order valence-electron chi connectivity index (χ0n) is 17.6. The Balaban J connectivity index is 1.39. The molecule has 1 aliphatic rings. The van der Waals surface area contributed by atoms with E-state index in [0.29, 0.717) is 11.4 Å². The zero-order valence-corrected chi connectivity index (χ0v) is 17.6. The largest absolute Gasteiger partial charge is 0.467 e. The molecule has 3 amide bonds. The molecule has 0 unspecified atom stereocenters. The second-order valence-electron chi connectivity index (χ2n) is 7.53. The smallest absolute Gasteiger partial charge is 0.313 e. The highest BCUT2D eigenvalue weighted by atomic mass is 16.3. The summed E-state index contributed by atoms with van der Waals surface area (Å²) in [5.41, 5.74) is 3.41. The van der Waals surface area contributed by atoms with E-state index in [9.17, 15) is 14.4 Å². The van der Waals surface area contributed by atoms with E-state index >= 15 is 0 Å². The topological polar surface area (TPSA) is 104 Å². The molecule has 1 aromatic heterocycles. The molecule has 164 valence electrons. The molecule has 3 N–H and O–H groups in total. The number of hydrogen-bond donors (Lipinski definition) is 3. The van der Waals surface area contributed by atoms with E-state index in [1.54, 1.807) is 30.5 Å². The van der Waals surface area contributed by atoms with E-state index in [-0.39, 0.29) is 18.5 Å². The van der Waals surface area contributed by atoms with Gasteiger partial charge in [-0.2, -0.15) is 0 Å². The number of nitrogens with zero attached hydrogens (tertiary/aromatic N) is 1. The van der Waals surface area contributed by atoms with E-state index in [0.717, 1.165) is 24.4 Å². The number of amides is 3. The summed E-state index contributed by atoms with van der Waals surface area (Å²) in [7, 11) is 0. The average molecular weight is 432 g/mol. The Labute approximate surface area is 185 Å². The third kappa shape index (κ3) is 4.80. The Bertz CT molecular complexity index is 1110. The first-order chi connectivity index (χ1) is 15.5. The van der Waals surface area contributed by atoms with Gasteiger partial charge in [-0.3, -0.25) is 14.4 Å². The van der Waals surface area contributed by atoms with Gasteiger partial charge in [-0.1, -0.05) is 18.2 Å². The van der Waals surface area contributed by atoms with Gasteiger partial charge in [0.15, 0.2) is 0 Å². The molecule has 0 fully saturated rings. The summed E-state index contributed by atoms with van der Waals surface area (Å²) < 4.78 is 5.63. The van der Waals surface area contributed by atoms with Crippen LogP contribution in [0.2, 0.25) is 0 Å². The van der Waals surface area contributed by atoms with Crippen molar-refractivity contribution in [3.05, 3.63) is 78.3 Å². The van der Waals surface area contributed by atoms with E-state index < -0.39 is 11.8 Å². The van der Waals surface area contributed by atoms with Crippen LogP contribution in [0.25, 0.3) is 0 Å². The summed E-state index contributed by atoms with van der Waals surface area (Å²) in [5.74, 6) is -0.971. The lowest BCUT2D eigenvalue weighted by Crippen LogP contribution is -2.41. The summed E-state index contributed by atoms with van der Waals surface area (Å²) in [6.45, 7) is 2.43. The Hall–Kier alpha value is -4.07. The molecule has 32 heavy (non-hydrogen) atoms. The van der Waals surface area contributed by atoms with Crippen LogP contribution in [0.1, 0.15) is 24.3 Å². The van der Waals surface area contributed by atoms with Crippen molar-refractivity contribution in [3.63, 3.8) is 0 Å². The number of furan rings is 1. The van der Waals surface area contributed by atoms with Crippen molar-refractivity contribution < 1.29 is 18.8 Å². The van der Waals surface area contributed by atoms with Gasteiger partial charge in [0.25, 0.3) is 0 Å². The van der Waals surface area contributed by atoms with Gasteiger partial charge in [-0.25, -0.2) is 0 Å². The van der Waals surface area contributed by atoms with Gasteiger partial charge in [0.1, 0.15) is 11.8 Å². The summed E-state index contributed by atoms with van der Waals surface area (Å²) in [5, 5.41) is 7.94. The number of para-hydroxylation sites is 1. The summed E-state index contributed by atoms with van der Waals surface area (Å²) in [6, 6.07) is 18.1. The van der Waals surface area contributed by atoms with Crippen LogP contribution < -0.4 is 20.9 Å². The van der Waals surface area contributed by atoms with Crippen LogP contribution in [0.4, 0.5) is 17.1 Å². The molecule has 2 heterocycles. The Morgan fingerprint density at radius 3 is 2.34 bits per heavy atom. The van der Waals surface area contributed by atoms with Gasteiger partial charge in [0, 0.05) is 37.1 Å². The molecule has 0 saturated heterocycles. The maximum absolute atomic E-state index is 12.5. The highest BCUT2D eigenvalue weighted by Crippen LogP contribution is 2.34. The molecule has 8 nitrogen and oxygen atoms in total. The molecule has 2 aromatic carbocycles. The number of benzene rings is 2. The second-order valence-corrected chi connectivity index (χ2v) is 7.53. The molecule has 3 aromatic rings. The van der Waals surface area contributed by atoms with Crippen molar-refractivity contribution in [1.29, 1.82) is 0 Å². The van der Waals surface area contributed by atoms with Crippen molar-refractivity contribution in [1.82, 2.24) is 5.32 Å². The first kappa shape index (κ1) is 21.2. The fourth-order valence-electron chi connectivity index (χ4n) is 3.83. The van der Waals surface area contributed by atoms with Crippen LogP contribution in [0, 0.1) is 0 Å². The molecule has 0 saturated carbocycles. The predicted octanol–water partition coefficient (Wildman–Crippen LogP) is 3.10. The predicted molar refractivity (Wildman–Crippen MR) is 121 cm³/mol. The molecular weight excluding hydrogens is 408 g/mol. The van der Waals surface area contributed by atoms with E-state index in [1.807, 2.05) is 24.3 Å². The lowest BCUT2D eigenvalue weighted by molar-refractivity contribution is -0.136. The van der Waals surface area contributed by atoms with E-state index in [2.05, 4.69) is 33.0 Å². The number of rotatable bonds is 6. The van der Waals surface area contributed by atoms with Crippen LogP contribution in [-0.2, 0) is 20.8 Å². The summed E-state index contributed by atoms with van der Waals surface area (Å²) >= 11 is 0. The molecule has 1 aliphatic heterocycles. The quantitative estimate of drug-likeness (QED) is 0.520. The van der Waals surface area contributed by atoms with Gasteiger partial charge in [-0.15, -0.1) is 0 Å². The van der Waals surface area contributed by atoms with Gasteiger partial charge in [0.2, 0.25) is 5.91 Å². The average Bonchev–Trinajstić information content (AvgIpc) is 3.46. The molecule has 0 aliphatic carbocycles. The highest BCUT2D eigenvalue weighted by Gasteiger charge is 2.29. The van der Waals surface area contributed by atoms with E-state index in [4.69, 9.17) is 4.42 Å². The maximum Gasteiger partial charge on any atom is 0.313 e. The zero-order chi connectivity index (χ0) is 22.5. The molecular formula is C24H24N4O4. The molecule has 1 atom stereocenters. The number of fused-ring (bicyclic) bond motifs is 1. The standard InChI is InChI=1S/C24H24N4O4/c1-16(29)26-18-8-10-19(11-9-18)27-24(31)23(30)25-15-21(22-7-4-14-32-22)28-13-12-17-5-2-3-6-20(17)28/h2-11,14,21H,12-13,15H2,1H3,(H,25,30)(H,26,29)(H,27,31)/t21-/m0/s1. The lowest BCUT2D eigenvalue weighted by Gasteiger charge is -2.29. The number of anilines is 3. The molecule has 0 bridgehead atoms. The van der Waals surface area contributed by atoms with E-state index in [1.165, 1.54) is 12.5 Å². The minimum Gasteiger partial charge on any atom is -0.467 e. The molecule has 0 spiro atoms. The normalized spacial score (nSPS) is 13.2. The van der Waals surface area contributed by atoms with Crippen molar-refractivity contribution in [2.45, 2.75) is 19.4 Å². The fraction of sp³-hybridized carbons (Fsp3) is 0.208. The van der Waals surface area contributed by atoms with Crippen LogP contribution in [-0.4, -0.2) is 30.8 Å². The summed E-state index contributed by atoms with van der Waals surface area (Å²) in [4.78, 5) is 38.1. The first-order valence-electron chi connectivity index (χ1n) is 10.4. The number of carbonyl (C=O) groups excluding carboxylic acids is 3. The van der Waals surface area contributed by atoms with Gasteiger partial charge in [-0.05, 0) is 54.4 Å². The minimum atomic E-state index is -0.766. The monoisotopic (exact) mass is 432 g/mol. The highest BCUT2D eigenvalue weighted by molar-refractivity contribution is 6.39. The van der Waals surface area contributed by atoms with Crippen molar-refractivity contribution in [2.75, 3.05) is 28.6 Å². The van der Waals surface area contributed by atoms with Crippen molar-refractivity contribution in [3.8, 4) is 0 Å². The Morgan fingerprint density at radius 2 is 1.66 bits per heavy atom. The van der Waals surface area contributed by atoms with Crippen molar-refractivity contribution in [2.24, 2.45) is 0 Å². The van der Waals surface area contributed by atoms with Crippen LogP contribution in [0.3, 0.4) is 0 Å². The summed E-state index contributed by atoms with van der Waals surface area (Å²) in [6.07, 6.45) is 2.51. The Kier molecular flexibility index (Phi) is 6.21. The number of carbonyl (C=O) groups is 3. The van der Waals surface area contributed by atoms with Gasteiger partial charge >= 0.3 is 11.8 Å². The Morgan fingerprint density at radius 1 is 0.938 bits per heavy atom. The number of nitrogens with one attached hydrogen (secondary N) is 3. The SMILES string of the molecule is CC(=O)Nc1ccc(NC(=O)C(=O)NC[C@@H](c2ccco2)N2CCc3ccccc32)cc1. The molecule has 4 rings (SSSR count).